The Morgan fingerprint density at radius 2 is 2.00 bits per heavy atom. The molecule has 1 atom stereocenters. The molecule has 0 amide bonds. The first-order chi connectivity index (χ1) is 4.12. The molecule has 1 unspecified atom stereocenters. The van der Waals surface area contributed by atoms with Crippen LogP contribution in [0.15, 0.2) is 0 Å². The van der Waals surface area contributed by atoms with E-state index in [9.17, 15) is 0 Å². The van der Waals surface area contributed by atoms with Gasteiger partial charge in [-0.3, -0.25) is 0 Å². The van der Waals surface area contributed by atoms with Crippen LogP contribution in [0.25, 0.3) is 0 Å². The average Bonchev–Trinajstić information content (AvgIpc) is 1.84. The second kappa shape index (κ2) is 4.50. The molecular weight excluding hydrogens is 225 g/mol. The zero-order valence-electron chi connectivity index (χ0n) is 6.58. The van der Waals surface area contributed by atoms with Gasteiger partial charge in [-0.05, 0) is 0 Å². The molecule has 0 bridgehead atoms. The van der Waals surface area contributed by atoms with Crippen LogP contribution in [0, 0.1) is 0 Å². The van der Waals surface area contributed by atoms with Crippen molar-refractivity contribution < 1.29 is 21.2 Å². The quantitative estimate of drug-likeness (QED) is 0.365. The normalized spacial score (nSPS) is 17.8. The Kier molecular flexibility index (Phi) is 4.84. The monoisotopic (exact) mass is 242 g/mol. The van der Waals surface area contributed by atoms with Crippen LogP contribution >= 0.6 is 0 Å². The first kappa shape index (κ1) is 9.69. The van der Waals surface area contributed by atoms with Crippen LogP contribution in [0.4, 0.5) is 0 Å². The van der Waals surface area contributed by atoms with Crippen LogP contribution in [0.1, 0.15) is 33.6 Å². The van der Waals surface area contributed by atoms with Gasteiger partial charge in [0.05, 0.1) is 0 Å². The third kappa shape index (κ3) is 5.15. The molecule has 0 aliphatic rings. The van der Waals surface area contributed by atoms with Gasteiger partial charge in [-0.25, -0.2) is 0 Å². The van der Waals surface area contributed by atoms with E-state index in [0.717, 1.165) is 6.42 Å². The van der Waals surface area contributed by atoms with Crippen molar-refractivity contribution in [2.45, 2.75) is 37.2 Å². The number of rotatable bonds is 4. The van der Waals surface area contributed by atoms with Crippen molar-refractivity contribution in [1.82, 2.24) is 0 Å². The van der Waals surface area contributed by atoms with Crippen LogP contribution < -0.4 is 26.9 Å². The Morgan fingerprint density at radius 1 is 1.44 bits per heavy atom. The molecular formula is C7H17IN-. The van der Waals surface area contributed by atoms with Crippen LogP contribution in [0.2, 0.25) is 0 Å². The molecule has 0 saturated heterocycles. The van der Waals surface area contributed by atoms with Gasteiger partial charge in [-0.15, -0.1) is 0 Å². The first-order valence-corrected chi connectivity index (χ1v) is 6.12. The van der Waals surface area contributed by atoms with Crippen LogP contribution in [-0.4, -0.2) is 7.97 Å². The summed E-state index contributed by atoms with van der Waals surface area (Å²) < 4.78 is 1.58. The van der Waals surface area contributed by atoms with Gasteiger partial charge in [0.2, 0.25) is 0 Å². The molecule has 58 valence electrons. The van der Waals surface area contributed by atoms with E-state index in [4.69, 9.17) is 5.73 Å². The van der Waals surface area contributed by atoms with Gasteiger partial charge in [0, 0.05) is 0 Å². The summed E-state index contributed by atoms with van der Waals surface area (Å²) in [6.07, 6.45) is 2.44. The molecule has 0 aromatic carbocycles. The first-order valence-electron chi connectivity index (χ1n) is 3.51. The number of halogens is 1. The van der Waals surface area contributed by atoms with Gasteiger partial charge < -0.3 is 0 Å². The second-order valence-electron chi connectivity index (χ2n) is 2.45. The Bertz CT molecular complexity index is 71.3. The molecule has 0 aliphatic carbocycles. The molecule has 9 heavy (non-hydrogen) atoms. The molecule has 0 aliphatic heterocycles. The van der Waals surface area contributed by atoms with E-state index in [1.54, 1.807) is 0 Å². The number of hydrogen-bond acceptors (Lipinski definition) is 1. The maximum atomic E-state index is 5.95. The SMILES string of the molecule is CCC[I-]C(C)(N)CC. The minimum atomic E-state index is 0.203. The molecule has 0 aromatic rings. The van der Waals surface area contributed by atoms with Crippen molar-refractivity contribution in [2.24, 2.45) is 5.73 Å². The van der Waals surface area contributed by atoms with E-state index < -0.39 is 0 Å². The van der Waals surface area contributed by atoms with Gasteiger partial charge in [0.15, 0.2) is 0 Å². The van der Waals surface area contributed by atoms with Gasteiger partial charge in [-0.1, -0.05) is 0 Å². The summed E-state index contributed by atoms with van der Waals surface area (Å²) in [6.45, 7) is 6.58. The van der Waals surface area contributed by atoms with Crippen molar-refractivity contribution in [2.75, 3.05) is 4.43 Å². The van der Waals surface area contributed by atoms with Gasteiger partial charge in [0.1, 0.15) is 0 Å². The van der Waals surface area contributed by atoms with Gasteiger partial charge in [-0.2, -0.15) is 0 Å². The van der Waals surface area contributed by atoms with E-state index in [0.29, 0.717) is 0 Å². The third-order valence-corrected chi connectivity index (χ3v) is 5.40. The predicted octanol–water partition coefficient (Wildman–Crippen LogP) is -1.43. The summed E-state index contributed by atoms with van der Waals surface area (Å²) in [5.41, 5.74) is 5.95. The van der Waals surface area contributed by atoms with E-state index in [1.165, 1.54) is 10.8 Å². The molecule has 2 N–H and O–H groups in total. The average molecular weight is 242 g/mol. The fraction of sp³-hybridized carbons (Fsp3) is 1.00. The van der Waals surface area contributed by atoms with Gasteiger partial charge >= 0.3 is 68.5 Å². The standard InChI is InChI=1S/C7H17IN/c1-4-6-8-7(3,9)5-2/h4-6,9H2,1-3H3/q-1. The molecule has 0 fully saturated rings. The predicted molar refractivity (Wildman–Crippen MR) is 38.0 cm³/mol. The second-order valence-corrected chi connectivity index (χ2v) is 6.76. The van der Waals surface area contributed by atoms with Crippen molar-refractivity contribution in [3.8, 4) is 0 Å². The molecule has 1 nitrogen and oxygen atoms in total. The zero-order chi connectivity index (χ0) is 7.33. The molecule has 0 saturated carbocycles. The number of alkyl halides is 2. The molecule has 0 aromatic heterocycles. The van der Waals surface area contributed by atoms with Crippen molar-refractivity contribution >= 4 is 0 Å². The van der Waals surface area contributed by atoms with Crippen molar-refractivity contribution in [3.63, 3.8) is 0 Å². The summed E-state index contributed by atoms with van der Waals surface area (Å²) in [4.78, 5) is 0. The third-order valence-electron chi connectivity index (χ3n) is 1.28. The van der Waals surface area contributed by atoms with E-state index in [2.05, 4.69) is 20.8 Å². The topological polar surface area (TPSA) is 26.0 Å². The minimum absolute atomic E-state index is 0.203. The molecule has 2 heteroatoms. The van der Waals surface area contributed by atoms with Crippen LogP contribution in [-0.2, 0) is 0 Å². The molecule has 0 spiro atoms. The Labute approximate surface area is 68.7 Å². The maximum absolute atomic E-state index is 5.95. The number of nitrogens with two attached hydrogens (primary N) is 1. The summed E-state index contributed by atoms with van der Waals surface area (Å²) in [5.74, 6) is 0. The van der Waals surface area contributed by atoms with E-state index in [1.807, 2.05) is 0 Å². The van der Waals surface area contributed by atoms with E-state index in [-0.39, 0.29) is 24.8 Å². The Morgan fingerprint density at radius 3 is 2.33 bits per heavy atom. The van der Waals surface area contributed by atoms with Crippen molar-refractivity contribution in [1.29, 1.82) is 0 Å². The van der Waals surface area contributed by atoms with Crippen molar-refractivity contribution in [3.05, 3.63) is 0 Å². The fourth-order valence-corrected chi connectivity index (χ4v) is 2.72. The van der Waals surface area contributed by atoms with Crippen LogP contribution in [0.3, 0.4) is 0 Å². The molecule has 0 heterocycles. The Hall–Kier alpha value is 0.690. The summed E-state index contributed by atoms with van der Waals surface area (Å²) in [6, 6.07) is 0. The summed E-state index contributed by atoms with van der Waals surface area (Å²) >= 11 is 0.256. The number of hydrogen-bond donors (Lipinski definition) is 1. The zero-order valence-corrected chi connectivity index (χ0v) is 8.73. The molecule has 0 radical (unpaired) electrons. The summed E-state index contributed by atoms with van der Waals surface area (Å²) in [5, 5.41) is 0. The van der Waals surface area contributed by atoms with Crippen LogP contribution in [0.5, 0.6) is 0 Å². The Balaban J connectivity index is 3.33. The fourth-order valence-electron chi connectivity index (χ4n) is 0.405. The van der Waals surface area contributed by atoms with E-state index >= 15 is 0 Å². The summed E-state index contributed by atoms with van der Waals surface area (Å²) in [7, 11) is 0. The van der Waals surface area contributed by atoms with Gasteiger partial charge in [0.25, 0.3) is 0 Å². The molecule has 0 rings (SSSR count).